The molecule has 0 spiro atoms. The molecule has 2 amide bonds. The molecule has 0 radical (unpaired) electrons. The van der Waals surface area contributed by atoms with E-state index in [2.05, 4.69) is 17.4 Å². The zero-order chi connectivity index (χ0) is 22.5. The second-order valence-electron chi connectivity index (χ2n) is 7.61. The molecule has 3 aromatic rings. The fourth-order valence-electron chi connectivity index (χ4n) is 3.47. The maximum Gasteiger partial charge on any atom is 0.294 e. The molecule has 0 fully saturated rings. The van der Waals surface area contributed by atoms with Crippen LogP contribution >= 0.6 is 11.6 Å². The van der Waals surface area contributed by atoms with Gasteiger partial charge in [0, 0.05) is 11.6 Å². The fraction of sp³-hybridized carbons (Fsp3) is 0.154. The van der Waals surface area contributed by atoms with Gasteiger partial charge in [-0.05, 0) is 54.8 Å². The van der Waals surface area contributed by atoms with E-state index in [9.17, 15) is 9.59 Å². The first-order valence-electron chi connectivity index (χ1n) is 10.4. The minimum absolute atomic E-state index is 0.0972. The number of hydrogen-bond donors (Lipinski definition) is 1. The lowest BCUT2D eigenvalue weighted by molar-refractivity contribution is -0.123. The third kappa shape index (κ3) is 5.18. The summed E-state index contributed by atoms with van der Waals surface area (Å²) in [7, 11) is 0. The third-order valence-electron chi connectivity index (χ3n) is 5.14. The minimum atomic E-state index is -0.377. The SMILES string of the molecule is Cc1ccc(CCNC(=O)CN2C(=O)/C(=C\c3cccc(Cl)c3)Oc3ccccc32)cc1. The Hall–Kier alpha value is -3.57. The van der Waals surface area contributed by atoms with Gasteiger partial charge in [0.2, 0.25) is 5.91 Å². The van der Waals surface area contributed by atoms with Gasteiger partial charge in [-0.15, -0.1) is 0 Å². The maximum atomic E-state index is 13.2. The van der Waals surface area contributed by atoms with Crippen LogP contribution in [0.3, 0.4) is 0 Å². The molecule has 32 heavy (non-hydrogen) atoms. The van der Waals surface area contributed by atoms with Crippen LogP contribution in [0.1, 0.15) is 16.7 Å². The number of nitrogens with one attached hydrogen (secondary N) is 1. The quantitative estimate of drug-likeness (QED) is 0.555. The summed E-state index contributed by atoms with van der Waals surface area (Å²) in [5, 5.41) is 3.47. The molecule has 0 unspecified atom stereocenters. The van der Waals surface area contributed by atoms with E-state index in [1.165, 1.54) is 10.5 Å². The van der Waals surface area contributed by atoms with Gasteiger partial charge >= 0.3 is 0 Å². The van der Waals surface area contributed by atoms with E-state index in [0.29, 0.717) is 23.0 Å². The van der Waals surface area contributed by atoms with Gasteiger partial charge < -0.3 is 10.1 Å². The standard InChI is InChI=1S/C26H23ClN2O3/c1-18-9-11-19(12-10-18)13-14-28-25(30)17-29-22-7-2-3-8-23(22)32-24(26(29)31)16-20-5-4-6-21(27)15-20/h2-12,15-16H,13-14,17H2,1H3,(H,28,30)/b24-16+. The van der Waals surface area contributed by atoms with Crippen molar-refractivity contribution < 1.29 is 14.3 Å². The van der Waals surface area contributed by atoms with Gasteiger partial charge in [0.1, 0.15) is 6.54 Å². The normalized spacial score (nSPS) is 14.1. The lowest BCUT2D eigenvalue weighted by atomic mass is 10.1. The first-order valence-corrected chi connectivity index (χ1v) is 10.8. The first-order chi connectivity index (χ1) is 15.5. The lowest BCUT2D eigenvalue weighted by Gasteiger charge is -2.30. The lowest BCUT2D eigenvalue weighted by Crippen LogP contribution is -2.44. The van der Waals surface area contributed by atoms with E-state index in [1.807, 2.05) is 37.3 Å². The smallest absolute Gasteiger partial charge is 0.294 e. The van der Waals surface area contributed by atoms with Gasteiger partial charge in [0.05, 0.1) is 5.69 Å². The molecule has 1 aliphatic rings. The van der Waals surface area contributed by atoms with Crippen molar-refractivity contribution in [2.45, 2.75) is 13.3 Å². The minimum Gasteiger partial charge on any atom is -0.449 e. The average molecular weight is 447 g/mol. The molecule has 1 aliphatic heterocycles. The number of aryl methyl sites for hydroxylation is 1. The highest BCUT2D eigenvalue weighted by molar-refractivity contribution is 6.30. The summed E-state index contributed by atoms with van der Waals surface area (Å²) in [6, 6.07) is 22.5. The van der Waals surface area contributed by atoms with E-state index in [0.717, 1.165) is 17.5 Å². The van der Waals surface area contributed by atoms with Crippen molar-refractivity contribution in [2.75, 3.05) is 18.0 Å². The van der Waals surface area contributed by atoms with Gasteiger partial charge in [-0.3, -0.25) is 14.5 Å². The van der Waals surface area contributed by atoms with E-state index in [4.69, 9.17) is 16.3 Å². The molecule has 0 saturated heterocycles. The van der Waals surface area contributed by atoms with Crippen molar-refractivity contribution >= 4 is 35.2 Å². The predicted octanol–water partition coefficient (Wildman–Crippen LogP) is 4.77. The Bertz CT molecular complexity index is 1170. The van der Waals surface area contributed by atoms with Crippen LogP contribution < -0.4 is 15.0 Å². The molecular formula is C26H23ClN2O3. The zero-order valence-corrected chi connectivity index (χ0v) is 18.4. The number of para-hydroxylation sites is 2. The number of ether oxygens (including phenoxy) is 1. The van der Waals surface area contributed by atoms with Crippen molar-refractivity contribution in [3.8, 4) is 5.75 Å². The number of rotatable bonds is 6. The highest BCUT2D eigenvalue weighted by atomic mass is 35.5. The van der Waals surface area contributed by atoms with E-state index in [1.54, 1.807) is 36.4 Å². The van der Waals surface area contributed by atoms with Crippen molar-refractivity contribution in [1.29, 1.82) is 0 Å². The van der Waals surface area contributed by atoms with E-state index in [-0.39, 0.29) is 24.1 Å². The Morgan fingerprint density at radius 1 is 1.06 bits per heavy atom. The van der Waals surface area contributed by atoms with Crippen LogP contribution in [0.4, 0.5) is 5.69 Å². The van der Waals surface area contributed by atoms with Gasteiger partial charge in [0.25, 0.3) is 5.91 Å². The number of nitrogens with zero attached hydrogens (tertiary/aromatic N) is 1. The van der Waals surface area contributed by atoms with Crippen LogP contribution in [0.15, 0.2) is 78.6 Å². The summed E-state index contributed by atoms with van der Waals surface area (Å²) in [4.78, 5) is 27.2. The molecule has 1 heterocycles. The second kappa shape index (κ2) is 9.71. The summed E-state index contributed by atoms with van der Waals surface area (Å²) >= 11 is 6.06. The molecule has 4 rings (SSSR count). The number of anilines is 1. The average Bonchev–Trinajstić information content (AvgIpc) is 2.78. The van der Waals surface area contributed by atoms with Crippen LogP contribution in [0, 0.1) is 6.92 Å². The number of carbonyl (C=O) groups excluding carboxylic acids is 2. The van der Waals surface area contributed by atoms with Crippen molar-refractivity contribution in [3.05, 3.63) is 100 Å². The molecule has 0 aliphatic carbocycles. The molecule has 6 heteroatoms. The van der Waals surface area contributed by atoms with Crippen LogP contribution in [0.2, 0.25) is 5.02 Å². The Morgan fingerprint density at radius 3 is 2.62 bits per heavy atom. The molecule has 0 atom stereocenters. The zero-order valence-electron chi connectivity index (χ0n) is 17.7. The Labute approximate surface area is 192 Å². The molecule has 0 aromatic heterocycles. The molecule has 5 nitrogen and oxygen atoms in total. The molecule has 0 saturated carbocycles. The first kappa shape index (κ1) is 21.7. The number of amides is 2. The number of fused-ring (bicyclic) bond motifs is 1. The highest BCUT2D eigenvalue weighted by Crippen LogP contribution is 2.35. The van der Waals surface area contributed by atoms with Gasteiger partial charge in [-0.25, -0.2) is 0 Å². The summed E-state index contributed by atoms with van der Waals surface area (Å²) < 4.78 is 5.84. The van der Waals surface area contributed by atoms with Gasteiger partial charge in [0.15, 0.2) is 11.5 Å². The maximum absolute atomic E-state index is 13.2. The van der Waals surface area contributed by atoms with Crippen molar-refractivity contribution in [3.63, 3.8) is 0 Å². The van der Waals surface area contributed by atoms with Crippen LogP contribution in [-0.2, 0) is 16.0 Å². The van der Waals surface area contributed by atoms with Crippen LogP contribution in [0.5, 0.6) is 5.75 Å². The van der Waals surface area contributed by atoms with Gasteiger partial charge in [-0.1, -0.05) is 65.7 Å². The molecular weight excluding hydrogens is 424 g/mol. The fourth-order valence-corrected chi connectivity index (χ4v) is 3.67. The topological polar surface area (TPSA) is 58.6 Å². The molecule has 0 bridgehead atoms. The van der Waals surface area contributed by atoms with E-state index >= 15 is 0 Å². The van der Waals surface area contributed by atoms with E-state index < -0.39 is 0 Å². The summed E-state index contributed by atoms with van der Waals surface area (Å²) in [5.41, 5.74) is 3.65. The third-order valence-corrected chi connectivity index (χ3v) is 5.37. The Balaban J connectivity index is 1.48. The number of hydrogen-bond acceptors (Lipinski definition) is 3. The Kier molecular flexibility index (Phi) is 6.57. The number of carbonyl (C=O) groups is 2. The van der Waals surface area contributed by atoms with Crippen LogP contribution in [-0.4, -0.2) is 24.9 Å². The summed E-state index contributed by atoms with van der Waals surface area (Å²) in [5.74, 6) is 0.0490. The summed E-state index contributed by atoms with van der Waals surface area (Å²) in [6.07, 6.45) is 2.35. The summed E-state index contributed by atoms with van der Waals surface area (Å²) in [6.45, 7) is 2.44. The number of halogens is 1. The van der Waals surface area contributed by atoms with Crippen molar-refractivity contribution in [1.82, 2.24) is 5.32 Å². The Morgan fingerprint density at radius 2 is 1.84 bits per heavy atom. The highest BCUT2D eigenvalue weighted by Gasteiger charge is 2.31. The molecule has 3 aromatic carbocycles. The van der Waals surface area contributed by atoms with Gasteiger partial charge in [-0.2, -0.15) is 0 Å². The molecule has 162 valence electrons. The second-order valence-corrected chi connectivity index (χ2v) is 8.05. The molecule has 1 N–H and O–H groups in total. The monoisotopic (exact) mass is 446 g/mol. The largest absolute Gasteiger partial charge is 0.449 e. The predicted molar refractivity (Wildman–Crippen MR) is 127 cm³/mol. The van der Waals surface area contributed by atoms with Crippen molar-refractivity contribution in [2.24, 2.45) is 0 Å². The number of benzene rings is 3. The van der Waals surface area contributed by atoms with Crippen LogP contribution in [0.25, 0.3) is 6.08 Å².